The fourth-order valence-corrected chi connectivity index (χ4v) is 5.43. The van der Waals surface area contributed by atoms with Gasteiger partial charge in [0.15, 0.2) is 0 Å². The van der Waals surface area contributed by atoms with E-state index in [4.69, 9.17) is 11.6 Å². The van der Waals surface area contributed by atoms with Crippen LogP contribution in [-0.2, 0) is 11.2 Å². The van der Waals surface area contributed by atoms with E-state index in [9.17, 15) is 14.0 Å². The van der Waals surface area contributed by atoms with E-state index < -0.39 is 0 Å². The number of thiophene rings is 1. The van der Waals surface area contributed by atoms with Crippen molar-refractivity contribution in [2.45, 2.75) is 26.3 Å². The highest BCUT2D eigenvalue weighted by Gasteiger charge is 2.34. The van der Waals surface area contributed by atoms with Crippen molar-refractivity contribution < 1.29 is 14.0 Å². The van der Waals surface area contributed by atoms with Crippen LogP contribution in [0.2, 0.25) is 5.02 Å². The number of nitrogens with zero attached hydrogens (tertiary/aromatic N) is 2. The van der Waals surface area contributed by atoms with E-state index in [0.29, 0.717) is 23.7 Å². The van der Waals surface area contributed by atoms with Gasteiger partial charge in [0.1, 0.15) is 12.4 Å². The van der Waals surface area contributed by atoms with E-state index in [2.05, 4.69) is 0 Å². The second-order valence-electron chi connectivity index (χ2n) is 8.65. The van der Waals surface area contributed by atoms with Crippen LogP contribution < -0.4 is 0 Å². The van der Waals surface area contributed by atoms with Crippen LogP contribution in [0.5, 0.6) is 0 Å². The standard InChI is InChI=1S/C26H26ClFN2O2S/c1-17(2)15-29(26(32)20-5-3-4-6-22(20)27)16-24(31)30-13-11-23-21(12-14-33-23)25(30)18-7-9-19(28)10-8-18/h3-10,12,14,17,25H,11,13,15-16H2,1-2H3. The van der Waals surface area contributed by atoms with E-state index in [-0.39, 0.29) is 36.1 Å². The number of carbonyl (C=O) groups is 2. The number of amides is 2. The Kier molecular flexibility index (Phi) is 7.15. The number of carbonyl (C=O) groups excluding carboxylic acids is 2. The Bertz CT molecular complexity index is 1150. The van der Waals surface area contributed by atoms with Crippen molar-refractivity contribution in [2.75, 3.05) is 19.6 Å². The molecule has 4 rings (SSSR count). The minimum atomic E-state index is -0.313. The summed E-state index contributed by atoms with van der Waals surface area (Å²) in [6.07, 6.45) is 0.763. The summed E-state index contributed by atoms with van der Waals surface area (Å²) in [5.74, 6) is -0.523. The molecule has 2 aromatic carbocycles. The van der Waals surface area contributed by atoms with Gasteiger partial charge in [-0.15, -0.1) is 11.3 Å². The summed E-state index contributed by atoms with van der Waals surface area (Å²) < 4.78 is 13.6. The molecule has 1 aromatic heterocycles. The van der Waals surface area contributed by atoms with Gasteiger partial charge < -0.3 is 9.80 Å². The molecule has 0 N–H and O–H groups in total. The largest absolute Gasteiger partial charge is 0.330 e. The first kappa shape index (κ1) is 23.5. The van der Waals surface area contributed by atoms with Gasteiger partial charge in [-0.05, 0) is 59.2 Å². The zero-order valence-electron chi connectivity index (χ0n) is 18.6. The zero-order valence-corrected chi connectivity index (χ0v) is 20.2. The molecule has 0 fully saturated rings. The predicted molar refractivity (Wildman–Crippen MR) is 130 cm³/mol. The maximum Gasteiger partial charge on any atom is 0.255 e. The van der Waals surface area contributed by atoms with Crippen LogP contribution in [0.4, 0.5) is 4.39 Å². The Hall–Kier alpha value is -2.70. The first-order valence-corrected chi connectivity index (χ1v) is 12.3. The molecule has 4 nitrogen and oxygen atoms in total. The van der Waals surface area contributed by atoms with Gasteiger partial charge in [0.2, 0.25) is 5.91 Å². The zero-order chi connectivity index (χ0) is 23.5. The van der Waals surface area contributed by atoms with E-state index >= 15 is 0 Å². The Balaban J connectivity index is 1.63. The summed E-state index contributed by atoms with van der Waals surface area (Å²) in [4.78, 5) is 31.6. The molecule has 3 aromatic rings. The number of fused-ring (bicyclic) bond motifs is 1. The van der Waals surface area contributed by atoms with Gasteiger partial charge in [0.05, 0.1) is 16.6 Å². The summed E-state index contributed by atoms with van der Waals surface area (Å²) in [5, 5.41) is 2.40. The molecule has 1 aliphatic heterocycles. The van der Waals surface area contributed by atoms with Crippen LogP contribution in [-0.4, -0.2) is 41.2 Å². The van der Waals surface area contributed by atoms with Crippen LogP contribution in [0.3, 0.4) is 0 Å². The monoisotopic (exact) mass is 484 g/mol. The van der Waals surface area contributed by atoms with Crippen molar-refractivity contribution >= 4 is 34.8 Å². The average Bonchev–Trinajstić information content (AvgIpc) is 3.27. The van der Waals surface area contributed by atoms with Gasteiger partial charge in [-0.1, -0.05) is 49.7 Å². The van der Waals surface area contributed by atoms with E-state index in [1.165, 1.54) is 17.0 Å². The second-order valence-corrected chi connectivity index (χ2v) is 10.1. The second kappa shape index (κ2) is 10.1. The Morgan fingerprint density at radius 2 is 1.88 bits per heavy atom. The average molecular weight is 485 g/mol. The van der Waals surface area contributed by atoms with Crippen LogP contribution in [0, 0.1) is 11.7 Å². The smallest absolute Gasteiger partial charge is 0.255 e. The summed E-state index contributed by atoms with van der Waals surface area (Å²) in [6.45, 7) is 4.96. The first-order valence-electron chi connectivity index (χ1n) is 11.0. The van der Waals surface area contributed by atoms with Crippen molar-refractivity contribution in [2.24, 2.45) is 5.92 Å². The third-order valence-corrected chi connectivity index (χ3v) is 7.10. The fraction of sp³-hybridized carbons (Fsp3) is 0.308. The molecule has 2 heterocycles. The maximum absolute atomic E-state index is 13.6. The molecular formula is C26H26ClFN2O2S. The minimum Gasteiger partial charge on any atom is -0.330 e. The molecular weight excluding hydrogens is 459 g/mol. The molecule has 0 saturated heterocycles. The van der Waals surface area contributed by atoms with Gasteiger partial charge in [0.25, 0.3) is 5.91 Å². The number of hydrogen-bond donors (Lipinski definition) is 0. The van der Waals surface area contributed by atoms with Crippen molar-refractivity contribution in [3.8, 4) is 0 Å². The van der Waals surface area contributed by atoms with Gasteiger partial charge in [0, 0.05) is 18.0 Å². The quantitative estimate of drug-likeness (QED) is 0.442. The lowest BCUT2D eigenvalue weighted by Crippen LogP contribution is -2.47. The molecule has 0 spiro atoms. The molecule has 7 heteroatoms. The van der Waals surface area contributed by atoms with Crippen LogP contribution in [0.25, 0.3) is 0 Å². The van der Waals surface area contributed by atoms with Crippen molar-refractivity contribution in [1.82, 2.24) is 9.80 Å². The van der Waals surface area contributed by atoms with Gasteiger partial charge in [-0.3, -0.25) is 9.59 Å². The van der Waals surface area contributed by atoms with Gasteiger partial charge in [-0.25, -0.2) is 4.39 Å². The number of halogens is 2. The molecule has 1 atom stereocenters. The first-order chi connectivity index (χ1) is 15.8. The summed E-state index contributed by atoms with van der Waals surface area (Å²) in [7, 11) is 0. The van der Waals surface area contributed by atoms with Crippen molar-refractivity contribution in [1.29, 1.82) is 0 Å². The molecule has 0 bridgehead atoms. The Morgan fingerprint density at radius 3 is 2.58 bits per heavy atom. The van der Waals surface area contributed by atoms with E-state index in [0.717, 1.165) is 17.5 Å². The van der Waals surface area contributed by atoms with Gasteiger partial charge >= 0.3 is 0 Å². The normalized spacial score (nSPS) is 15.4. The Morgan fingerprint density at radius 1 is 1.15 bits per heavy atom. The highest BCUT2D eigenvalue weighted by atomic mass is 35.5. The predicted octanol–water partition coefficient (Wildman–Crippen LogP) is 5.81. The summed E-state index contributed by atoms with van der Waals surface area (Å²) >= 11 is 7.95. The molecule has 0 aliphatic carbocycles. The number of rotatable bonds is 6. The molecule has 1 aliphatic rings. The van der Waals surface area contributed by atoms with Crippen LogP contribution in [0.1, 0.15) is 46.3 Å². The summed E-state index contributed by atoms with van der Waals surface area (Å²) in [6, 6.07) is 14.9. The molecule has 0 radical (unpaired) electrons. The Labute approximate surface area is 202 Å². The third-order valence-electron chi connectivity index (χ3n) is 5.78. The molecule has 33 heavy (non-hydrogen) atoms. The lowest BCUT2D eigenvalue weighted by atomic mass is 9.93. The van der Waals surface area contributed by atoms with Crippen LogP contribution in [0.15, 0.2) is 60.0 Å². The number of hydrogen-bond acceptors (Lipinski definition) is 3. The highest BCUT2D eigenvalue weighted by molar-refractivity contribution is 7.10. The lowest BCUT2D eigenvalue weighted by Gasteiger charge is -2.38. The minimum absolute atomic E-state index is 0.0423. The highest BCUT2D eigenvalue weighted by Crippen LogP contribution is 2.38. The topological polar surface area (TPSA) is 40.6 Å². The molecule has 2 amide bonds. The molecule has 0 saturated carbocycles. The molecule has 172 valence electrons. The van der Waals surface area contributed by atoms with E-state index in [1.807, 2.05) is 30.2 Å². The van der Waals surface area contributed by atoms with Crippen molar-refractivity contribution in [3.05, 3.63) is 92.4 Å². The third kappa shape index (κ3) is 5.12. The number of benzene rings is 2. The SMILES string of the molecule is CC(C)CN(CC(=O)N1CCc2sccc2C1c1ccc(F)cc1)C(=O)c1ccccc1Cl. The maximum atomic E-state index is 13.6. The van der Waals surface area contributed by atoms with Crippen molar-refractivity contribution in [3.63, 3.8) is 0 Å². The lowest BCUT2D eigenvalue weighted by molar-refractivity contribution is -0.134. The van der Waals surface area contributed by atoms with Gasteiger partial charge in [-0.2, -0.15) is 0 Å². The fourth-order valence-electron chi connectivity index (χ4n) is 4.31. The summed E-state index contributed by atoms with van der Waals surface area (Å²) in [5.41, 5.74) is 2.32. The van der Waals surface area contributed by atoms with Crippen LogP contribution >= 0.6 is 22.9 Å². The molecule has 1 unspecified atom stereocenters. The van der Waals surface area contributed by atoms with E-state index in [1.54, 1.807) is 52.6 Å².